The zero-order valence-electron chi connectivity index (χ0n) is 12.0. The van der Waals surface area contributed by atoms with Gasteiger partial charge in [0.15, 0.2) is 0 Å². The second-order valence-electron chi connectivity index (χ2n) is 4.78. The number of nitrogens with one attached hydrogen (secondary N) is 3. The number of rotatable bonds is 7. The van der Waals surface area contributed by atoms with E-state index in [1.54, 1.807) is 12.1 Å². The predicted molar refractivity (Wildman–Crippen MR) is 83.0 cm³/mol. The summed E-state index contributed by atoms with van der Waals surface area (Å²) in [5, 5.41) is 8.46. The number of carbonyl (C=O) groups excluding carboxylic acids is 2. The molecule has 7 heteroatoms. The molecule has 0 saturated carbocycles. The number of urea groups is 1. The number of hydrogen-bond donors (Lipinski definition) is 4. The molecule has 1 aromatic rings. The summed E-state index contributed by atoms with van der Waals surface area (Å²) in [6.45, 7) is 2.68. The Morgan fingerprint density at radius 3 is 2.48 bits per heavy atom. The van der Waals surface area contributed by atoms with Gasteiger partial charge < -0.3 is 21.7 Å². The van der Waals surface area contributed by atoms with E-state index in [9.17, 15) is 9.59 Å². The van der Waals surface area contributed by atoms with Gasteiger partial charge in [-0.05, 0) is 31.0 Å². The molecule has 5 N–H and O–H groups in total. The summed E-state index contributed by atoms with van der Waals surface area (Å²) >= 11 is 5.77. The zero-order valence-corrected chi connectivity index (χ0v) is 12.7. The Kier molecular flexibility index (Phi) is 7.56. The lowest BCUT2D eigenvalue weighted by atomic mass is 10.2. The molecule has 0 aliphatic rings. The Morgan fingerprint density at radius 2 is 1.86 bits per heavy atom. The highest BCUT2D eigenvalue weighted by atomic mass is 35.5. The fraction of sp³-hybridized carbons (Fsp3) is 0.429. The quantitative estimate of drug-likeness (QED) is 0.604. The van der Waals surface area contributed by atoms with E-state index in [1.165, 1.54) is 0 Å². The molecule has 1 aromatic carbocycles. The van der Waals surface area contributed by atoms with E-state index < -0.39 is 6.03 Å². The maximum Gasteiger partial charge on any atom is 0.315 e. The van der Waals surface area contributed by atoms with Gasteiger partial charge in [0.1, 0.15) is 0 Å². The molecular weight excluding hydrogens is 292 g/mol. The standard InChI is InChI=1S/C14H21ClN4O2/c1-10(16)6-7-17-13(20)9-19-14(21)18-8-11-2-4-12(15)5-3-11/h2-5,10H,6-9,16H2,1H3,(H,17,20)(H2,18,19,21). The smallest absolute Gasteiger partial charge is 0.315 e. The first-order valence-electron chi connectivity index (χ1n) is 6.76. The van der Waals surface area contributed by atoms with Crippen molar-refractivity contribution in [3.63, 3.8) is 0 Å². The summed E-state index contributed by atoms with van der Waals surface area (Å²) in [7, 11) is 0. The lowest BCUT2D eigenvalue weighted by Crippen LogP contribution is -2.42. The molecule has 116 valence electrons. The van der Waals surface area contributed by atoms with E-state index >= 15 is 0 Å². The van der Waals surface area contributed by atoms with Crippen molar-refractivity contribution in [2.24, 2.45) is 5.73 Å². The molecular formula is C14H21ClN4O2. The van der Waals surface area contributed by atoms with Crippen molar-refractivity contribution in [3.05, 3.63) is 34.9 Å². The molecule has 6 nitrogen and oxygen atoms in total. The number of halogens is 1. The van der Waals surface area contributed by atoms with Gasteiger partial charge in [-0.2, -0.15) is 0 Å². The van der Waals surface area contributed by atoms with Gasteiger partial charge in [-0.1, -0.05) is 23.7 Å². The monoisotopic (exact) mass is 312 g/mol. The Hall–Kier alpha value is -1.79. The van der Waals surface area contributed by atoms with Crippen molar-refractivity contribution >= 4 is 23.5 Å². The summed E-state index contributed by atoms with van der Waals surface area (Å²) in [6, 6.07) is 6.80. The van der Waals surface area contributed by atoms with Gasteiger partial charge in [0, 0.05) is 24.2 Å². The van der Waals surface area contributed by atoms with Gasteiger partial charge in [0.05, 0.1) is 6.54 Å². The SMILES string of the molecule is CC(N)CCNC(=O)CNC(=O)NCc1ccc(Cl)cc1. The van der Waals surface area contributed by atoms with E-state index in [1.807, 2.05) is 19.1 Å². The number of hydrogen-bond acceptors (Lipinski definition) is 3. The highest BCUT2D eigenvalue weighted by Gasteiger charge is 2.05. The van der Waals surface area contributed by atoms with E-state index in [0.717, 1.165) is 5.56 Å². The van der Waals surface area contributed by atoms with Gasteiger partial charge in [0.25, 0.3) is 0 Å². The van der Waals surface area contributed by atoms with Crippen LogP contribution in [0.1, 0.15) is 18.9 Å². The van der Waals surface area contributed by atoms with Gasteiger partial charge >= 0.3 is 6.03 Å². The van der Waals surface area contributed by atoms with Crippen LogP contribution in [0.5, 0.6) is 0 Å². The van der Waals surface area contributed by atoms with Crippen LogP contribution in [0.4, 0.5) is 4.79 Å². The summed E-state index contributed by atoms with van der Waals surface area (Å²) in [4.78, 5) is 23.0. The maximum atomic E-state index is 11.5. The molecule has 1 rings (SSSR count). The van der Waals surface area contributed by atoms with Crippen LogP contribution >= 0.6 is 11.6 Å². The Bertz CT molecular complexity index is 463. The largest absolute Gasteiger partial charge is 0.355 e. The van der Waals surface area contributed by atoms with E-state index in [4.69, 9.17) is 17.3 Å². The Morgan fingerprint density at radius 1 is 1.19 bits per heavy atom. The molecule has 0 fully saturated rings. The first kappa shape index (κ1) is 17.3. The van der Waals surface area contributed by atoms with Crippen LogP contribution in [-0.4, -0.2) is 31.1 Å². The van der Waals surface area contributed by atoms with E-state index in [-0.39, 0.29) is 18.5 Å². The van der Waals surface area contributed by atoms with Crippen LogP contribution in [0, 0.1) is 0 Å². The summed E-state index contributed by atoms with van der Waals surface area (Å²) in [5.74, 6) is -0.239. The number of benzene rings is 1. The topological polar surface area (TPSA) is 96.2 Å². The summed E-state index contributed by atoms with van der Waals surface area (Å²) in [6.07, 6.45) is 0.703. The highest BCUT2D eigenvalue weighted by molar-refractivity contribution is 6.30. The number of nitrogens with two attached hydrogens (primary N) is 1. The molecule has 0 heterocycles. The minimum atomic E-state index is -0.396. The van der Waals surface area contributed by atoms with Crippen molar-refractivity contribution < 1.29 is 9.59 Å². The lowest BCUT2D eigenvalue weighted by molar-refractivity contribution is -0.120. The molecule has 0 aliphatic carbocycles. The van der Waals surface area contributed by atoms with Crippen LogP contribution in [-0.2, 0) is 11.3 Å². The maximum absolute atomic E-state index is 11.5. The van der Waals surface area contributed by atoms with Crippen LogP contribution < -0.4 is 21.7 Å². The average Bonchev–Trinajstić information content (AvgIpc) is 2.44. The van der Waals surface area contributed by atoms with Gasteiger partial charge in [-0.25, -0.2) is 4.79 Å². The minimum Gasteiger partial charge on any atom is -0.355 e. The highest BCUT2D eigenvalue weighted by Crippen LogP contribution is 2.08. The average molecular weight is 313 g/mol. The molecule has 0 aliphatic heterocycles. The number of carbonyl (C=O) groups is 2. The van der Waals surface area contributed by atoms with Crippen molar-refractivity contribution in [2.45, 2.75) is 25.9 Å². The van der Waals surface area contributed by atoms with E-state index in [0.29, 0.717) is 24.5 Å². The Labute approximate surface area is 129 Å². The van der Waals surface area contributed by atoms with Gasteiger partial charge in [-0.15, -0.1) is 0 Å². The molecule has 0 bridgehead atoms. The van der Waals surface area contributed by atoms with Crippen molar-refractivity contribution in [3.8, 4) is 0 Å². The first-order chi connectivity index (χ1) is 9.97. The number of amides is 3. The van der Waals surface area contributed by atoms with Gasteiger partial charge in [-0.3, -0.25) is 4.79 Å². The van der Waals surface area contributed by atoms with Crippen molar-refractivity contribution in [1.29, 1.82) is 0 Å². The van der Waals surface area contributed by atoms with Crippen molar-refractivity contribution in [2.75, 3.05) is 13.1 Å². The fourth-order valence-electron chi connectivity index (χ4n) is 1.51. The second kappa shape index (κ2) is 9.20. The van der Waals surface area contributed by atoms with Crippen LogP contribution in [0.3, 0.4) is 0 Å². The predicted octanol–water partition coefficient (Wildman–Crippen LogP) is 0.993. The Balaban J connectivity index is 2.16. The third kappa shape index (κ3) is 8.16. The molecule has 1 atom stereocenters. The summed E-state index contributed by atoms with van der Waals surface area (Å²) in [5.41, 5.74) is 6.49. The van der Waals surface area contributed by atoms with E-state index in [2.05, 4.69) is 16.0 Å². The summed E-state index contributed by atoms with van der Waals surface area (Å²) < 4.78 is 0. The van der Waals surface area contributed by atoms with Crippen LogP contribution in [0.2, 0.25) is 5.02 Å². The molecule has 0 radical (unpaired) electrons. The molecule has 1 unspecified atom stereocenters. The zero-order chi connectivity index (χ0) is 15.7. The first-order valence-corrected chi connectivity index (χ1v) is 7.13. The lowest BCUT2D eigenvalue weighted by Gasteiger charge is -2.09. The second-order valence-corrected chi connectivity index (χ2v) is 5.22. The van der Waals surface area contributed by atoms with Crippen molar-refractivity contribution in [1.82, 2.24) is 16.0 Å². The fourth-order valence-corrected chi connectivity index (χ4v) is 1.64. The third-order valence-corrected chi connectivity index (χ3v) is 2.95. The third-order valence-electron chi connectivity index (χ3n) is 2.70. The normalized spacial score (nSPS) is 11.6. The minimum absolute atomic E-state index is 0.0425. The van der Waals surface area contributed by atoms with Gasteiger partial charge in [0.2, 0.25) is 5.91 Å². The van der Waals surface area contributed by atoms with Crippen LogP contribution in [0.15, 0.2) is 24.3 Å². The molecule has 3 amide bonds. The molecule has 0 spiro atoms. The molecule has 0 saturated heterocycles. The molecule has 0 aromatic heterocycles. The van der Waals surface area contributed by atoms with Crippen LogP contribution in [0.25, 0.3) is 0 Å². The molecule has 21 heavy (non-hydrogen) atoms.